The maximum absolute atomic E-state index is 14.1. The maximum Gasteiger partial charge on any atom is 0.252 e. The van der Waals surface area contributed by atoms with Gasteiger partial charge in [-0.05, 0) is 70.6 Å². The molecule has 4 aromatic carbocycles. The molecule has 0 bridgehead atoms. The molecular weight excluding hydrogens is 574 g/mol. The van der Waals surface area contributed by atoms with Gasteiger partial charge < -0.3 is 0 Å². The molecule has 1 saturated heterocycles. The van der Waals surface area contributed by atoms with E-state index < -0.39 is 37.9 Å². The molecule has 1 atom stereocenters. The van der Waals surface area contributed by atoms with Crippen molar-refractivity contribution in [1.29, 1.82) is 0 Å². The Balaban J connectivity index is 1.50. The van der Waals surface area contributed by atoms with Gasteiger partial charge in [-0.1, -0.05) is 68.4 Å². The molecule has 0 spiro atoms. The summed E-state index contributed by atoms with van der Waals surface area (Å²) in [6.07, 6.45) is -0.138. The summed E-state index contributed by atoms with van der Waals surface area (Å²) in [5.41, 5.74) is 2.07. The molecule has 4 aromatic rings. The predicted molar refractivity (Wildman–Crippen MR) is 161 cm³/mol. The first-order valence-electron chi connectivity index (χ1n) is 13.5. The Bertz CT molecular complexity index is 1870. The average molecular weight is 606 g/mol. The summed E-state index contributed by atoms with van der Waals surface area (Å²) in [4.78, 5) is 27.9. The second-order valence-corrected chi connectivity index (χ2v) is 14.0. The summed E-state index contributed by atoms with van der Waals surface area (Å²) in [7, 11) is -8.13. The van der Waals surface area contributed by atoms with Gasteiger partial charge in [-0.15, -0.1) is 0 Å². The van der Waals surface area contributed by atoms with E-state index in [-0.39, 0.29) is 35.1 Å². The normalized spacial score (nSPS) is 16.2. The van der Waals surface area contributed by atoms with E-state index in [1.54, 1.807) is 42.5 Å². The Morgan fingerprint density at radius 3 is 2.07 bits per heavy atom. The Hall–Kier alpha value is -3.90. The fraction of sp³-hybridized carbons (Fsp3) is 0.226. The monoisotopic (exact) mass is 605 g/mol. The van der Waals surface area contributed by atoms with Gasteiger partial charge in [0.05, 0.1) is 21.9 Å². The number of amides is 2. The molecule has 1 unspecified atom stereocenters. The van der Waals surface area contributed by atoms with Crippen molar-refractivity contribution in [3.05, 3.63) is 102 Å². The smallest absolute Gasteiger partial charge is 0.252 e. The first kappa shape index (κ1) is 29.6. The van der Waals surface area contributed by atoms with Crippen LogP contribution in [0.25, 0.3) is 10.8 Å². The van der Waals surface area contributed by atoms with Gasteiger partial charge in [-0.3, -0.25) is 9.59 Å². The molecule has 2 amide bonds. The molecule has 1 aliphatic heterocycles. The number of imide groups is 1. The number of hydrogen-bond donors (Lipinski definition) is 1. The van der Waals surface area contributed by atoms with Gasteiger partial charge >= 0.3 is 0 Å². The van der Waals surface area contributed by atoms with E-state index in [9.17, 15) is 26.4 Å². The number of primary sulfonamides is 1. The average Bonchev–Trinajstić information content (AvgIpc) is 3.25. The Morgan fingerprint density at radius 1 is 0.833 bits per heavy atom. The van der Waals surface area contributed by atoms with E-state index in [1.165, 1.54) is 18.2 Å². The standard InChI is InChI=1S/C31H31N3O6S2/c1-21(2)23-9-12-26(13-10-23)34-30(35)20-29(31(34)36)33(18-17-22-7-14-27(15-8-22)41(32,37)38)42(39,40)28-16-11-24-5-3-4-6-25(24)19-28/h3-16,19,21,29H,17-18,20H2,1-2H3,(H2,32,37,38). The summed E-state index contributed by atoms with van der Waals surface area (Å²) in [6.45, 7) is 3.96. The molecule has 5 rings (SSSR count). The number of sulfonamides is 2. The number of anilines is 1. The van der Waals surface area contributed by atoms with Gasteiger partial charge in [0.25, 0.3) is 5.91 Å². The van der Waals surface area contributed by atoms with Gasteiger partial charge in [0, 0.05) is 6.54 Å². The molecule has 0 aromatic heterocycles. The summed E-state index contributed by atoms with van der Waals surface area (Å²) in [5, 5.41) is 6.78. The zero-order valence-electron chi connectivity index (χ0n) is 23.2. The van der Waals surface area contributed by atoms with Crippen LogP contribution in [0.2, 0.25) is 0 Å². The quantitative estimate of drug-likeness (QED) is 0.285. The Labute approximate surface area is 245 Å². The van der Waals surface area contributed by atoms with Crippen LogP contribution in [0.1, 0.15) is 37.3 Å². The van der Waals surface area contributed by atoms with Crippen LogP contribution < -0.4 is 10.0 Å². The van der Waals surface area contributed by atoms with Crippen LogP contribution in [0.15, 0.2) is 101 Å². The van der Waals surface area contributed by atoms with E-state index in [2.05, 4.69) is 0 Å². The molecule has 0 aliphatic carbocycles. The molecule has 1 fully saturated rings. The number of fused-ring (bicyclic) bond motifs is 1. The van der Waals surface area contributed by atoms with Crippen molar-refractivity contribution in [2.24, 2.45) is 5.14 Å². The van der Waals surface area contributed by atoms with Gasteiger partial charge in [0.15, 0.2) is 0 Å². The van der Waals surface area contributed by atoms with Crippen molar-refractivity contribution in [2.45, 2.75) is 48.4 Å². The minimum absolute atomic E-state index is 0.00533. The lowest BCUT2D eigenvalue weighted by Crippen LogP contribution is -2.46. The molecule has 2 N–H and O–H groups in total. The highest BCUT2D eigenvalue weighted by Gasteiger charge is 2.46. The van der Waals surface area contributed by atoms with E-state index in [4.69, 9.17) is 5.14 Å². The van der Waals surface area contributed by atoms with Crippen molar-refractivity contribution in [3.8, 4) is 0 Å². The predicted octanol–water partition coefficient (Wildman–Crippen LogP) is 4.18. The van der Waals surface area contributed by atoms with E-state index in [0.29, 0.717) is 11.3 Å². The molecule has 0 saturated carbocycles. The first-order valence-corrected chi connectivity index (χ1v) is 16.4. The number of nitrogens with two attached hydrogens (primary N) is 1. The number of carbonyl (C=O) groups is 2. The fourth-order valence-corrected chi connectivity index (χ4v) is 7.25. The van der Waals surface area contributed by atoms with Crippen LogP contribution in [-0.2, 0) is 36.1 Å². The van der Waals surface area contributed by atoms with Crippen molar-refractivity contribution in [1.82, 2.24) is 4.31 Å². The lowest BCUT2D eigenvalue weighted by molar-refractivity contribution is -0.122. The lowest BCUT2D eigenvalue weighted by Gasteiger charge is -2.27. The SMILES string of the molecule is CC(C)c1ccc(N2C(=O)CC(N(CCc3ccc(S(N)(=O)=O)cc3)S(=O)(=O)c3ccc4ccccc4c3)C2=O)cc1. The second-order valence-electron chi connectivity index (χ2n) is 10.6. The largest absolute Gasteiger partial charge is 0.274 e. The molecule has 11 heteroatoms. The zero-order valence-corrected chi connectivity index (χ0v) is 24.8. The van der Waals surface area contributed by atoms with Crippen LogP contribution in [0.5, 0.6) is 0 Å². The van der Waals surface area contributed by atoms with Crippen molar-refractivity contribution >= 4 is 48.3 Å². The zero-order chi connectivity index (χ0) is 30.2. The van der Waals surface area contributed by atoms with E-state index in [0.717, 1.165) is 25.5 Å². The third-order valence-electron chi connectivity index (χ3n) is 7.49. The Kier molecular flexibility index (Phi) is 8.04. The summed E-state index contributed by atoms with van der Waals surface area (Å²) < 4.78 is 52.7. The van der Waals surface area contributed by atoms with Gasteiger partial charge in [0.1, 0.15) is 6.04 Å². The number of benzene rings is 4. The highest BCUT2D eigenvalue weighted by molar-refractivity contribution is 7.89. The highest BCUT2D eigenvalue weighted by atomic mass is 32.2. The summed E-state index contributed by atoms with van der Waals surface area (Å²) in [6, 6.07) is 23.7. The van der Waals surface area contributed by atoms with Crippen molar-refractivity contribution in [2.75, 3.05) is 11.4 Å². The molecular formula is C31H31N3O6S2. The third kappa shape index (κ3) is 5.86. The molecule has 1 heterocycles. The minimum Gasteiger partial charge on any atom is -0.274 e. The topological polar surface area (TPSA) is 135 Å². The second kappa shape index (κ2) is 11.4. The Morgan fingerprint density at radius 2 is 1.45 bits per heavy atom. The molecule has 9 nitrogen and oxygen atoms in total. The first-order chi connectivity index (χ1) is 19.9. The molecule has 1 aliphatic rings. The van der Waals surface area contributed by atoms with Crippen LogP contribution >= 0.6 is 0 Å². The van der Waals surface area contributed by atoms with Crippen molar-refractivity contribution in [3.63, 3.8) is 0 Å². The van der Waals surface area contributed by atoms with Gasteiger partial charge in [0.2, 0.25) is 26.0 Å². The molecule has 42 heavy (non-hydrogen) atoms. The summed E-state index contributed by atoms with van der Waals surface area (Å²) in [5.74, 6) is -0.844. The number of hydrogen-bond acceptors (Lipinski definition) is 6. The fourth-order valence-electron chi connectivity index (χ4n) is 5.11. The number of carbonyl (C=O) groups excluding carboxylic acids is 2. The minimum atomic E-state index is -4.24. The summed E-state index contributed by atoms with van der Waals surface area (Å²) >= 11 is 0. The van der Waals surface area contributed by atoms with Crippen LogP contribution in [-0.4, -0.2) is 45.5 Å². The number of rotatable bonds is 9. The highest BCUT2D eigenvalue weighted by Crippen LogP contribution is 2.31. The molecule has 0 radical (unpaired) electrons. The van der Waals surface area contributed by atoms with E-state index in [1.807, 2.05) is 44.2 Å². The van der Waals surface area contributed by atoms with Crippen LogP contribution in [0, 0.1) is 0 Å². The molecule has 218 valence electrons. The lowest BCUT2D eigenvalue weighted by atomic mass is 10.0. The van der Waals surface area contributed by atoms with Gasteiger partial charge in [-0.25, -0.2) is 26.9 Å². The van der Waals surface area contributed by atoms with Crippen LogP contribution in [0.3, 0.4) is 0 Å². The van der Waals surface area contributed by atoms with E-state index >= 15 is 0 Å². The maximum atomic E-state index is 14.1. The van der Waals surface area contributed by atoms with Crippen molar-refractivity contribution < 1.29 is 26.4 Å². The van der Waals surface area contributed by atoms with Gasteiger partial charge in [-0.2, -0.15) is 4.31 Å². The van der Waals surface area contributed by atoms with Crippen LogP contribution in [0.4, 0.5) is 5.69 Å². The number of nitrogens with zero attached hydrogens (tertiary/aromatic N) is 2. The third-order valence-corrected chi connectivity index (χ3v) is 10.3.